The van der Waals surface area contributed by atoms with E-state index in [1.165, 1.54) is 57.8 Å². The van der Waals surface area contributed by atoms with Gasteiger partial charge in [-0.05, 0) is 54.4 Å². The van der Waals surface area contributed by atoms with Gasteiger partial charge in [-0.3, -0.25) is 4.79 Å². The predicted molar refractivity (Wildman–Crippen MR) is 163 cm³/mol. The van der Waals surface area contributed by atoms with Crippen LogP contribution in [0.5, 0.6) is 11.5 Å². The summed E-state index contributed by atoms with van der Waals surface area (Å²) in [5, 5.41) is 6.06. The summed E-state index contributed by atoms with van der Waals surface area (Å²) in [6, 6.07) is 18.3. The van der Waals surface area contributed by atoms with Gasteiger partial charge in [0.15, 0.2) is 0 Å². The Bertz CT molecular complexity index is 1220. The van der Waals surface area contributed by atoms with Crippen LogP contribution in [0.4, 0.5) is 0 Å². The fraction of sp³-hybridized carbons (Fsp3) is 0.441. The van der Waals surface area contributed by atoms with Crippen molar-refractivity contribution in [3.63, 3.8) is 0 Å². The van der Waals surface area contributed by atoms with Crippen molar-refractivity contribution in [1.82, 2.24) is 5.43 Å². The first-order valence-corrected chi connectivity index (χ1v) is 14.9. The number of hydrazone groups is 1. The Balaban J connectivity index is 1.50. The van der Waals surface area contributed by atoms with Gasteiger partial charge >= 0.3 is 5.97 Å². The molecule has 0 bridgehead atoms. The lowest BCUT2D eigenvalue weighted by Crippen LogP contribution is -2.17. The number of carbonyl (C=O) groups is 2. The van der Waals surface area contributed by atoms with Gasteiger partial charge in [-0.15, -0.1) is 0 Å². The highest BCUT2D eigenvalue weighted by Crippen LogP contribution is 2.27. The first kappa shape index (κ1) is 30.9. The fourth-order valence-corrected chi connectivity index (χ4v) is 4.68. The lowest BCUT2D eigenvalue weighted by Gasteiger charge is -2.11. The zero-order chi connectivity index (χ0) is 28.4. The van der Waals surface area contributed by atoms with Crippen molar-refractivity contribution < 1.29 is 19.1 Å². The SMILES string of the molecule is CCCCCCCCCCCCCC(=O)N/N=C\c1c(OC(=O)c2ccc(OCC)cc2)ccc2ccccc12. The molecule has 214 valence electrons. The number of hydrogen-bond donors (Lipinski definition) is 1. The van der Waals surface area contributed by atoms with Crippen LogP contribution < -0.4 is 14.9 Å². The predicted octanol–water partition coefficient (Wildman–Crippen LogP) is 8.61. The summed E-state index contributed by atoms with van der Waals surface area (Å²) >= 11 is 0. The topological polar surface area (TPSA) is 77.0 Å². The lowest BCUT2D eigenvalue weighted by molar-refractivity contribution is -0.121. The van der Waals surface area contributed by atoms with Crippen LogP contribution in [0, 0.1) is 0 Å². The Morgan fingerprint density at radius 3 is 2.10 bits per heavy atom. The minimum Gasteiger partial charge on any atom is -0.494 e. The molecule has 1 N–H and O–H groups in total. The summed E-state index contributed by atoms with van der Waals surface area (Å²) in [5.74, 6) is 0.483. The third-order valence-corrected chi connectivity index (χ3v) is 6.92. The summed E-state index contributed by atoms with van der Waals surface area (Å²) in [7, 11) is 0. The van der Waals surface area contributed by atoms with E-state index in [1.54, 1.807) is 36.5 Å². The number of ether oxygens (including phenoxy) is 2. The largest absolute Gasteiger partial charge is 0.494 e. The Morgan fingerprint density at radius 1 is 0.775 bits per heavy atom. The summed E-state index contributed by atoms with van der Waals surface area (Å²) < 4.78 is 11.2. The number of unbranched alkanes of at least 4 members (excludes halogenated alkanes) is 10. The number of fused-ring (bicyclic) bond motifs is 1. The zero-order valence-electron chi connectivity index (χ0n) is 24.1. The van der Waals surface area contributed by atoms with E-state index < -0.39 is 5.97 Å². The summed E-state index contributed by atoms with van der Waals surface area (Å²) in [5.41, 5.74) is 3.69. The molecule has 0 radical (unpaired) electrons. The number of rotatable bonds is 18. The van der Waals surface area contributed by atoms with Crippen LogP contribution in [0.15, 0.2) is 65.8 Å². The molecule has 0 aromatic heterocycles. The highest BCUT2D eigenvalue weighted by atomic mass is 16.5. The van der Waals surface area contributed by atoms with Gasteiger partial charge in [-0.2, -0.15) is 5.10 Å². The van der Waals surface area contributed by atoms with E-state index in [0.717, 1.165) is 23.6 Å². The molecule has 0 unspecified atom stereocenters. The third kappa shape index (κ3) is 10.5. The van der Waals surface area contributed by atoms with Crippen LogP contribution >= 0.6 is 0 Å². The molecule has 3 rings (SSSR count). The highest BCUT2D eigenvalue weighted by molar-refractivity contribution is 6.04. The molecule has 0 atom stereocenters. The molecule has 3 aromatic carbocycles. The minimum atomic E-state index is -0.478. The van der Waals surface area contributed by atoms with Gasteiger partial charge in [-0.25, -0.2) is 10.2 Å². The first-order valence-electron chi connectivity index (χ1n) is 14.9. The number of nitrogens with zero attached hydrogens (tertiary/aromatic N) is 1. The van der Waals surface area contributed by atoms with E-state index in [4.69, 9.17) is 9.47 Å². The second-order valence-corrected chi connectivity index (χ2v) is 10.1. The number of amides is 1. The van der Waals surface area contributed by atoms with Crippen molar-refractivity contribution >= 4 is 28.9 Å². The number of hydrogen-bond acceptors (Lipinski definition) is 5. The quantitative estimate of drug-likeness (QED) is 0.0572. The molecule has 6 heteroatoms. The maximum Gasteiger partial charge on any atom is 0.343 e. The molecule has 0 aliphatic rings. The first-order chi connectivity index (χ1) is 19.6. The maximum absolute atomic E-state index is 12.9. The summed E-state index contributed by atoms with van der Waals surface area (Å²) in [6.45, 7) is 4.71. The number of carbonyl (C=O) groups excluding carboxylic acids is 2. The Labute approximate surface area is 239 Å². The standard InChI is InChI=1S/C34H44N2O4/c1-3-5-6-7-8-9-10-11-12-13-14-19-33(37)36-35-26-31-30-18-16-15-17-27(30)22-25-32(31)40-34(38)28-20-23-29(24-21-28)39-4-2/h15-18,20-26H,3-14,19H2,1-2H3,(H,36,37)/b35-26-. The Hall–Kier alpha value is -3.67. The van der Waals surface area contributed by atoms with Gasteiger partial charge in [-0.1, -0.05) is 101 Å². The van der Waals surface area contributed by atoms with Crippen LogP contribution in [-0.2, 0) is 4.79 Å². The zero-order valence-corrected chi connectivity index (χ0v) is 24.1. The third-order valence-electron chi connectivity index (χ3n) is 6.92. The fourth-order valence-electron chi connectivity index (χ4n) is 4.68. The molecule has 0 spiro atoms. The minimum absolute atomic E-state index is 0.111. The van der Waals surface area contributed by atoms with Crippen molar-refractivity contribution in [2.75, 3.05) is 6.61 Å². The van der Waals surface area contributed by atoms with Crippen LogP contribution in [0.3, 0.4) is 0 Å². The molecule has 3 aromatic rings. The van der Waals surface area contributed by atoms with Gasteiger partial charge in [0, 0.05) is 12.0 Å². The van der Waals surface area contributed by atoms with Crippen molar-refractivity contribution in [3.8, 4) is 11.5 Å². The van der Waals surface area contributed by atoms with Crippen molar-refractivity contribution in [2.45, 2.75) is 90.9 Å². The van der Waals surface area contributed by atoms with E-state index in [9.17, 15) is 9.59 Å². The van der Waals surface area contributed by atoms with Crippen LogP contribution in [0.2, 0.25) is 0 Å². The van der Waals surface area contributed by atoms with Gasteiger partial charge in [0.2, 0.25) is 5.91 Å². The van der Waals surface area contributed by atoms with E-state index in [1.807, 2.05) is 37.3 Å². The van der Waals surface area contributed by atoms with E-state index in [2.05, 4.69) is 17.5 Å². The smallest absolute Gasteiger partial charge is 0.343 e. The number of benzene rings is 3. The summed E-state index contributed by atoms with van der Waals surface area (Å²) in [6.07, 6.45) is 15.7. The highest BCUT2D eigenvalue weighted by Gasteiger charge is 2.14. The molecule has 0 aliphatic heterocycles. The van der Waals surface area contributed by atoms with Crippen LogP contribution in [0.25, 0.3) is 10.8 Å². The molecular weight excluding hydrogens is 500 g/mol. The molecule has 0 saturated heterocycles. The monoisotopic (exact) mass is 544 g/mol. The van der Waals surface area contributed by atoms with Crippen LogP contribution in [-0.4, -0.2) is 24.7 Å². The molecule has 1 amide bonds. The second kappa shape index (κ2) is 17.8. The molecule has 0 saturated carbocycles. The number of nitrogens with one attached hydrogen (secondary N) is 1. The molecule has 6 nitrogen and oxygen atoms in total. The van der Waals surface area contributed by atoms with Crippen LogP contribution in [0.1, 0.15) is 107 Å². The van der Waals surface area contributed by atoms with Gasteiger partial charge in [0.25, 0.3) is 0 Å². The number of esters is 1. The second-order valence-electron chi connectivity index (χ2n) is 10.1. The van der Waals surface area contributed by atoms with Crippen molar-refractivity contribution in [2.24, 2.45) is 5.10 Å². The Morgan fingerprint density at radius 2 is 1.43 bits per heavy atom. The van der Waals surface area contributed by atoms with Crippen molar-refractivity contribution in [3.05, 3.63) is 71.8 Å². The van der Waals surface area contributed by atoms with E-state index in [0.29, 0.717) is 35.7 Å². The van der Waals surface area contributed by atoms with Crippen molar-refractivity contribution in [1.29, 1.82) is 0 Å². The average Bonchev–Trinajstić information content (AvgIpc) is 2.97. The molecule has 0 aliphatic carbocycles. The van der Waals surface area contributed by atoms with E-state index in [-0.39, 0.29) is 5.91 Å². The Kier molecular flexibility index (Phi) is 13.8. The maximum atomic E-state index is 12.9. The molecular formula is C34H44N2O4. The summed E-state index contributed by atoms with van der Waals surface area (Å²) in [4.78, 5) is 25.2. The van der Waals surface area contributed by atoms with Gasteiger partial charge < -0.3 is 9.47 Å². The van der Waals surface area contributed by atoms with Gasteiger partial charge in [0.1, 0.15) is 11.5 Å². The lowest BCUT2D eigenvalue weighted by atomic mass is 10.0. The molecule has 40 heavy (non-hydrogen) atoms. The normalized spacial score (nSPS) is 11.2. The molecule has 0 fully saturated rings. The van der Waals surface area contributed by atoms with E-state index >= 15 is 0 Å². The average molecular weight is 545 g/mol. The molecule has 0 heterocycles. The van der Waals surface area contributed by atoms with Gasteiger partial charge in [0.05, 0.1) is 18.4 Å².